The molecular formula is C14H25ClN4O2. The topological polar surface area (TPSA) is 80.0 Å². The fourth-order valence-corrected chi connectivity index (χ4v) is 2.44. The Hall–Kier alpha value is -1.14. The molecule has 1 aliphatic rings. The van der Waals surface area contributed by atoms with Crippen molar-refractivity contribution in [1.82, 2.24) is 20.8 Å². The summed E-state index contributed by atoms with van der Waals surface area (Å²) in [5.74, 6) is 2.15. The molecule has 0 bridgehead atoms. The number of nitrogens with zero attached hydrogens (tertiary/aromatic N) is 2. The molecule has 0 aliphatic carbocycles. The summed E-state index contributed by atoms with van der Waals surface area (Å²) in [6.45, 7) is 4.72. The quantitative estimate of drug-likeness (QED) is 0.796. The van der Waals surface area contributed by atoms with Crippen molar-refractivity contribution in [2.75, 3.05) is 19.6 Å². The molecule has 0 unspecified atom stereocenters. The largest absolute Gasteiger partial charge is 0.356 e. The SMILES string of the molecule is CCc1nc(CCNC(=O)CCC2CCNCC2)no1.Cl. The molecule has 2 heterocycles. The number of piperidine rings is 1. The summed E-state index contributed by atoms with van der Waals surface area (Å²) in [4.78, 5) is 16.0. The molecule has 0 radical (unpaired) electrons. The summed E-state index contributed by atoms with van der Waals surface area (Å²) >= 11 is 0. The number of carbonyl (C=O) groups excluding carboxylic acids is 1. The van der Waals surface area contributed by atoms with E-state index in [9.17, 15) is 4.79 Å². The van der Waals surface area contributed by atoms with Crippen LogP contribution >= 0.6 is 12.4 Å². The number of aryl methyl sites for hydroxylation is 1. The second-order valence-electron chi connectivity index (χ2n) is 5.29. The molecule has 1 aliphatic heterocycles. The number of nitrogens with one attached hydrogen (secondary N) is 2. The summed E-state index contributed by atoms with van der Waals surface area (Å²) in [6, 6.07) is 0. The van der Waals surface area contributed by atoms with Crippen molar-refractivity contribution >= 4 is 18.3 Å². The van der Waals surface area contributed by atoms with E-state index in [0.717, 1.165) is 25.9 Å². The highest BCUT2D eigenvalue weighted by molar-refractivity contribution is 5.85. The van der Waals surface area contributed by atoms with Gasteiger partial charge in [-0.25, -0.2) is 0 Å². The van der Waals surface area contributed by atoms with E-state index in [0.29, 0.717) is 37.0 Å². The molecule has 0 aromatic carbocycles. The van der Waals surface area contributed by atoms with Crippen molar-refractivity contribution < 1.29 is 9.32 Å². The monoisotopic (exact) mass is 316 g/mol. The van der Waals surface area contributed by atoms with Crippen molar-refractivity contribution in [3.63, 3.8) is 0 Å². The van der Waals surface area contributed by atoms with E-state index in [2.05, 4.69) is 20.8 Å². The van der Waals surface area contributed by atoms with Gasteiger partial charge in [0.25, 0.3) is 0 Å². The summed E-state index contributed by atoms with van der Waals surface area (Å²) < 4.78 is 5.02. The summed E-state index contributed by atoms with van der Waals surface area (Å²) in [5.41, 5.74) is 0. The molecule has 1 aromatic rings. The Morgan fingerprint density at radius 3 is 2.86 bits per heavy atom. The van der Waals surface area contributed by atoms with E-state index >= 15 is 0 Å². The van der Waals surface area contributed by atoms with Crippen LogP contribution in [0.4, 0.5) is 0 Å². The van der Waals surface area contributed by atoms with E-state index in [1.165, 1.54) is 12.8 Å². The lowest BCUT2D eigenvalue weighted by atomic mass is 9.93. The van der Waals surface area contributed by atoms with Gasteiger partial charge in [-0.3, -0.25) is 4.79 Å². The summed E-state index contributed by atoms with van der Waals surface area (Å²) in [6.07, 6.45) is 5.37. The third kappa shape index (κ3) is 6.44. The van der Waals surface area contributed by atoms with Crippen LogP contribution in [0.3, 0.4) is 0 Å². The molecule has 7 heteroatoms. The number of aromatic nitrogens is 2. The van der Waals surface area contributed by atoms with Gasteiger partial charge in [0, 0.05) is 25.8 Å². The highest BCUT2D eigenvalue weighted by atomic mass is 35.5. The number of halogens is 1. The fraction of sp³-hybridized carbons (Fsp3) is 0.786. The highest BCUT2D eigenvalue weighted by Gasteiger charge is 2.14. The van der Waals surface area contributed by atoms with E-state index in [4.69, 9.17) is 4.52 Å². The van der Waals surface area contributed by atoms with Gasteiger partial charge >= 0.3 is 0 Å². The zero-order valence-corrected chi connectivity index (χ0v) is 13.4. The van der Waals surface area contributed by atoms with Crippen LogP contribution < -0.4 is 10.6 Å². The number of amides is 1. The van der Waals surface area contributed by atoms with Gasteiger partial charge in [0.15, 0.2) is 5.82 Å². The van der Waals surface area contributed by atoms with Gasteiger partial charge in [-0.2, -0.15) is 4.98 Å². The van der Waals surface area contributed by atoms with Gasteiger partial charge in [-0.15, -0.1) is 12.4 Å². The third-order valence-corrected chi connectivity index (χ3v) is 3.72. The first-order chi connectivity index (χ1) is 9.78. The Bertz CT molecular complexity index is 419. The Kier molecular flexibility index (Phi) is 8.30. The van der Waals surface area contributed by atoms with Gasteiger partial charge in [-0.1, -0.05) is 12.1 Å². The predicted molar refractivity (Wildman–Crippen MR) is 82.5 cm³/mol. The standard InChI is InChI=1S/C14H24N4O2.ClH/c1-2-14-17-12(18-20-14)7-10-16-13(19)4-3-11-5-8-15-9-6-11;/h11,15H,2-10H2,1H3,(H,16,19);1H. The Labute approximate surface area is 131 Å². The molecule has 6 nitrogen and oxygen atoms in total. The molecule has 1 fully saturated rings. The second kappa shape index (κ2) is 9.73. The van der Waals surface area contributed by atoms with E-state index in [-0.39, 0.29) is 18.3 Å². The van der Waals surface area contributed by atoms with Crippen LogP contribution in [0.1, 0.15) is 44.3 Å². The van der Waals surface area contributed by atoms with Crippen LogP contribution in [0.5, 0.6) is 0 Å². The Morgan fingerprint density at radius 1 is 1.43 bits per heavy atom. The highest BCUT2D eigenvalue weighted by Crippen LogP contribution is 2.17. The van der Waals surface area contributed by atoms with Crippen LogP contribution in [-0.4, -0.2) is 35.7 Å². The van der Waals surface area contributed by atoms with Gasteiger partial charge in [-0.05, 0) is 38.3 Å². The first kappa shape index (κ1) is 17.9. The van der Waals surface area contributed by atoms with Gasteiger partial charge in [0.1, 0.15) is 0 Å². The van der Waals surface area contributed by atoms with Crippen LogP contribution in [0, 0.1) is 5.92 Å². The average molecular weight is 317 g/mol. The normalized spacial score (nSPS) is 15.5. The molecule has 2 N–H and O–H groups in total. The number of hydrogen-bond acceptors (Lipinski definition) is 5. The number of carbonyl (C=O) groups is 1. The molecule has 0 atom stereocenters. The van der Waals surface area contributed by atoms with Crippen LogP contribution in [0.2, 0.25) is 0 Å². The van der Waals surface area contributed by atoms with Gasteiger partial charge < -0.3 is 15.2 Å². The summed E-state index contributed by atoms with van der Waals surface area (Å²) in [5, 5.41) is 10.1. The first-order valence-corrected chi connectivity index (χ1v) is 7.56. The minimum absolute atomic E-state index is 0. The third-order valence-electron chi connectivity index (χ3n) is 3.72. The average Bonchev–Trinajstić information content (AvgIpc) is 2.94. The maximum Gasteiger partial charge on any atom is 0.226 e. The molecule has 2 rings (SSSR count). The maximum absolute atomic E-state index is 11.7. The molecule has 0 saturated carbocycles. The van der Waals surface area contributed by atoms with Crippen molar-refractivity contribution in [2.24, 2.45) is 5.92 Å². The van der Waals surface area contributed by atoms with Gasteiger partial charge in [0.2, 0.25) is 11.8 Å². The van der Waals surface area contributed by atoms with E-state index in [1.54, 1.807) is 0 Å². The van der Waals surface area contributed by atoms with Crippen molar-refractivity contribution in [2.45, 2.75) is 45.4 Å². The molecule has 1 saturated heterocycles. The van der Waals surface area contributed by atoms with Crippen LogP contribution in [0.25, 0.3) is 0 Å². The second-order valence-corrected chi connectivity index (χ2v) is 5.29. The lowest BCUT2D eigenvalue weighted by Crippen LogP contribution is -2.30. The predicted octanol–water partition coefficient (Wildman–Crippen LogP) is 1.49. The molecule has 120 valence electrons. The number of rotatable bonds is 7. The van der Waals surface area contributed by atoms with E-state index < -0.39 is 0 Å². The Morgan fingerprint density at radius 2 is 2.19 bits per heavy atom. The summed E-state index contributed by atoms with van der Waals surface area (Å²) in [7, 11) is 0. The van der Waals surface area contributed by atoms with Crippen molar-refractivity contribution in [1.29, 1.82) is 0 Å². The van der Waals surface area contributed by atoms with Crippen molar-refractivity contribution in [3.8, 4) is 0 Å². The zero-order chi connectivity index (χ0) is 14.2. The zero-order valence-electron chi connectivity index (χ0n) is 12.6. The minimum atomic E-state index is 0. The molecule has 21 heavy (non-hydrogen) atoms. The molecular weight excluding hydrogens is 292 g/mol. The molecule has 1 aromatic heterocycles. The lowest BCUT2D eigenvalue weighted by molar-refractivity contribution is -0.121. The van der Waals surface area contributed by atoms with Gasteiger partial charge in [0.05, 0.1) is 0 Å². The smallest absolute Gasteiger partial charge is 0.226 e. The molecule has 1 amide bonds. The maximum atomic E-state index is 11.7. The van der Waals surface area contributed by atoms with Crippen molar-refractivity contribution in [3.05, 3.63) is 11.7 Å². The van der Waals surface area contributed by atoms with Crippen LogP contribution in [-0.2, 0) is 17.6 Å². The first-order valence-electron chi connectivity index (χ1n) is 7.56. The van der Waals surface area contributed by atoms with Crippen LogP contribution in [0.15, 0.2) is 4.52 Å². The molecule has 0 spiro atoms. The lowest BCUT2D eigenvalue weighted by Gasteiger charge is -2.22. The fourth-order valence-electron chi connectivity index (χ4n) is 2.44. The minimum Gasteiger partial charge on any atom is -0.356 e. The number of hydrogen-bond donors (Lipinski definition) is 2. The Balaban J connectivity index is 0.00000220. The van der Waals surface area contributed by atoms with E-state index in [1.807, 2.05) is 6.92 Å².